The lowest BCUT2D eigenvalue weighted by Gasteiger charge is -2.43. The van der Waals surface area contributed by atoms with Gasteiger partial charge in [-0.3, -0.25) is 19.2 Å². The van der Waals surface area contributed by atoms with Gasteiger partial charge in [-0.25, -0.2) is 0 Å². The lowest BCUT2D eigenvalue weighted by atomic mass is 9.72. The van der Waals surface area contributed by atoms with Gasteiger partial charge in [-0.05, 0) is 39.3 Å². The third kappa shape index (κ3) is 6.70. The molecular formula is C39H43NO12. The number of esters is 1. The number of nitrogens with one attached hydrogen (secondary N) is 1. The summed E-state index contributed by atoms with van der Waals surface area (Å²) >= 11 is 0. The fourth-order valence-electron chi connectivity index (χ4n) is 7.10. The van der Waals surface area contributed by atoms with Crippen molar-refractivity contribution in [3.05, 3.63) is 87.5 Å². The van der Waals surface area contributed by atoms with Gasteiger partial charge in [0.1, 0.15) is 22.8 Å². The van der Waals surface area contributed by atoms with Gasteiger partial charge in [0.15, 0.2) is 18.7 Å². The van der Waals surface area contributed by atoms with Crippen LogP contribution in [0.1, 0.15) is 95.2 Å². The lowest BCUT2D eigenvalue weighted by Crippen LogP contribution is -2.54. The third-order valence-corrected chi connectivity index (χ3v) is 9.97. The highest BCUT2D eigenvalue weighted by molar-refractivity contribution is 6.31. The summed E-state index contributed by atoms with van der Waals surface area (Å²) in [5, 5.41) is 49.9. The van der Waals surface area contributed by atoms with Crippen molar-refractivity contribution in [1.29, 1.82) is 0 Å². The molecule has 3 aromatic rings. The number of hydrogen-bond donors (Lipinski definition) is 5. The molecule has 0 bridgehead atoms. The highest BCUT2D eigenvalue weighted by atomic mass is 16.7. The molecule has 2 aliphatic carbocycles. The van der Waals surface area contributed by atoms with Crippen LogP contribution in [-0.4, -0.2) is 87.6 Å². The molecule has 0 spiro atoms. The number of ketones is 3. The summed E-state index contributed by atoms with van der Waals surface area (Å²) in [4.78, 5) is 54.0. The second kappa shape index (κ2) is 14.1. The first-order chi connectivity index (χ1) is 24.6. The van der Waals surface area contributed by atoms with E-state index < -0.39 is 107 Å². The highest BCUT2D eigenvalue weighted by Crippen LogP contribution is 2.52. The SMILES string of the molecule is COc1cccc2c1C(=O)c1c(O)c3c(c(O)c1C2=O)C[C@@](O)(C(=O)COC(=O)C(C)(C)C)C[C@@H]3O[C@H]1C[C@@H](NCc2ccccc2)[C@H](O)[C@H](C)O1. The number of rotatable bonds is 9. The zero-order chi connectivity index (χ0) is 37.7. The fourth-order valence-corrected chi connectivity index (χ4v) is 7.10. The minimum atomic E-state index is -2.32. The molecule has 5 N–H and O–H groups in total. The number of ether oxygens (including phenoxy) is 4. The molecule has 3 aromatic carbocycles. The monoisotopic (exact) mass is 717 g/mol. The summed E-state index contributed by atoms with van der Waals surface area (Å²) in [5.74, 6) is -4.43. The Balaban J connectivity index is 1.40. The minimum Gasteiger partial charge on any atom is -0.507 e. The molecule has 52 heavy (non-hydrogen) atoms. The van der Waals surface area contributed by atoms with Crippen LogP contribution in [0.3, 0.4) is 0 Å². The summed E-state index contributed by atoms with van der Waals surface area (Å²) in [6, 6.07) is 13.4. The first-order valence-corrected chi connectivity index (χ1v) is 17.1. The molecule has 0 radical (unpaired) electrons. The van der Waals surface area contributed by atoms with E-state index >= 15 is 0 Å². The van der Waals surface area contributed by atoms with Crippen LogP contribution < -0.4 is 10.1 Å². The molecule has 0 aromatic heterocycles. The topological polar surface area (TPSA) is 198 Å². The van der Waals surface area contributed by atoms with E-state index in [1.54, 1.807) is 27.7 Å². The van der Waals surface area contributed by atoms with E-state index in [0.717, 1.165) is 5.56 Å². The summed E-state index contributed by atoms with van der Waals surface area (Å²) in [6.45, 7) is 6.10. The number of fused-ring (bicyclic) bond motifs is 3. The van der Waals surface area contributed by atoms with Gasteiger partial charge in [-0.1, -0.05) is 42.5 Å². The van der Waals surface area contributed by atoms with Crippen LogP contribution in [-0.2, 0) is 36.8 Å². The van der Waals surface area contributed by atoms with E-state index in [1.165, 1.54) is 25.3 Å². The van der Waals surface area contributed by atoms with Crippen LogP contribution in [0.4, 0.5) is 0 Å². The zero-order valence-corrected chi connectivity index (χ0v) is 29.6. The van der Waals surface area contributed by atoms with E-state index in [1.807, 2.05) is 30.3 Å². The number of carbonyl (C=O) groups is 4. The zero-order valence-electron chi connectivity index (χ0n) is 29.6. The molecule has 1 saturated heterocycles. The summed E-state index contributed by atoms with van der Waals surface area (Å²) in [5.41, 5.74) is -3.71. The van der Waals surface area contributed by atoms with Gasteiger partial charge >= 0.3 is 5.97 Å². The number of methoxy groups -OCH3 is 1. The first-order valence-electron chi connectivity index (χ1n) is 17.1. The predicted molar refractivity (Wildman–Crippen MR) is 184 cm³/mol. The van der Waals surface area contributed by atoms with Gasteiger partial charge in [0, 0.05) is 48.5 Å². The number of benzene rings is 3. The van der Waals surface area contributed by atoms with Crippen molar-refractivity contribution in [2.45, 2.75) is 89.7 Å². The minimum absolute atomic E-state index is 0.0623. The van der Waals surface area contributed by atoms with Crippen LogP contribution in [0.5, 0.6) is 17.2 Å². The largest absolute Gasteiger partial charge is 0.507 e. The Labute approximate surface area is 300 Å². The lowest BCUT2D eigenvalue weighted by molar-refractivity contribution is -0.250. The Hall–Kier alpha value is -4.66. The Morgan fingerprint density at radius 3 is 2.35 bits per heavy atom. The van der Waals surface area contributed by atoms with Gasteiger partial charge in [0.2, 0.25) is 11.6 Å². The van der Waals surface area contributed by atoms with Gasteiger partial charge < -0.3 is 44.7 Å². The van der Waals surface area contributed by atoms with Crippen molar-refractivity contribution in [3.63, 3.8) is 0 Å². The molecular weight excluding hydrogens is 674 g/mol. The molecule has 6 rings (SSSR count). The second-order valence-electron chi connectivity index (χ2n) is 14.6. The van der Waals surface area contributed by atoms with Crippen LogP contribution in [0.2, 0.25) is 0 Å². The normalized spacial score (nSPS) is 25.5. The van der Waals surface area contributed by atoms with E-state index in [9.17, 15) is 39.6 Å². The van der Waals surface area contributed by atoms with E-state index in [4.69, 9.17) is 18.9 Å². The molecule has 1 aliphatic heterocycles. The number of aromatic hydroxyl groups is 2. The molecule has 3 aliphatic rings. The Bertz CT molecular complexity index is 1920. The third-order valence-electron chi connectivity index (χ3n) is 9.97. The van der Waals surface area contributed by atoms with Gasteiger partial charge in [-0.2, -0.15) is 0 Å². The van der Waals surface area contributed by atoms with Crippen LogP contribution in [0.15, 0.2) is 48.5 Å². The smallest absolute Gasteiger partial charge is 0.311 e. The molecule has 276 valence electrons. The van der Waals surface area contributed by atoms with Crippen molar-refractivity contribution in [1.82, 2.24) is 5.32 Å². The maximum atomic E-state index is 14.0. The van der Waals surface area contributed by atoms with Gasteiger partial charge in [0.05, 0.1) is 47.5 Å². The van der Waals surface area contributed by atoms with E-state index in [2.05, 4.69) is 5.32 Å². The quantitative estimate of drug-likeness (QED) is 0.125. The number of phenols is 2. The molecule has 13 heteroatoms. The molecule has 1 fully saturated rings. The average molecular weight is 718 g/mol. The Morgan fingerprint density at radius 2 is 1.67 bits per heavy atom. The average Bonchev–Trinajstić information content (AvgIpc) is 3.11. The molecule has 6 atom stereocenters. The van der Waals surface area contributed by atoms with Crippen molar-refractivity contribution in [2.24, 2.45) is 5.41 Å². The molecule has 1 heterocycles. The number of aliphatic hydroxyl groups excluding tert-OH is 1. The molecule has 0 saturated carbocycles. The number of hydrogen-bond acceptors (Lipinski definition) is 13. The van der Waals surface area contributed by atoms with Crippen LogP contribution in [0.25, 0.3) is 0 Å². The fraction of sp³-hybridized carbons (Fsp3) is 0.436. The molecule has 13 nitrogen and oxygen atoms in total. The van der Waals surface area contributed by atoms with E-state index in [-0.39, 0.29) is 34.4 Å². The van der Waals surface area contributed by atoms with Gasteiger partial charge in [0.25, 0.3) is 0 Å². The number of phenolic OH excluding ortho intramolecular Hbond substituents is 2. The molecule has 0 amide bonds. The van der Waals surface area contributed by atoms with Crippen molar-refractivity contribution < 1.29 is 58.6 Å². The second-order valence-corrected chi connectivity index (χ2v) is 14.6. The summed E-state index contributed by atoms with van der Waals surface area (Å²) < 4.78 is 23.0. The first kappa shape index (κ1) is 37.1. The van der Waals surface area contributed by atoms with Crippen molar-refractivity contribution >= 4 is 23.3 Å². The number of aliphatic hydroxyl groups is 2. The van der Waals surface area contributed by atoms with Crippen molar-refractivity contribution in [2.75, 3.05) is 13.7 Å². The summed E-state index contributed by atoms with van der Waals surface area (Å²) in [6.07, 6.45) is -5.14. The Morgan fingerprint density at radius 1 is 0.981 bits per heavy atom. The van der Waals surface area contributed by atoms with Crippen LogP contribution in [0, 0.1) is 5.41 Å². The standard InChI is InChI=1S/C39H43NO12/c1-19-32(42)23(40-17-20-10-7-6-8-11-20)14-27(51-19)52-25-16-39(48,26(41)18-50-37(47)38(2,3)4)15-22-29(25)36(46)31-30(34(22)44)33(43)21-12-9-13-24(49-5)28(21)35(31)45/h6-13,19,23,25,27,32,40,42,44,46,48H,14-18H2,1-5H3/t19-,23+,25-,27-,32+,39-/m0/s1. The van der Waals surface area contributed by atoms with E-state index in [0.29, 0.717) is 6.54 Å². The highest BCUT2D eigenvalue weighted by Gasteiger charge is 2.51. The maximum absolute atomic E-state index is 14.0. The predicted octanol–water partition coefficient (Wildman–Crippen LogP) is 3.43. The molecule has 0 unspecified atom stereocenters. The summed E-state index contributed by atoms with van der Waals surface area (Å²) in [7, 11) is 1.33. The number of carbonyl (C=O) groups excluding carboxylic acids is 4. The maximum Gasteiger partial charge on any atom is 0.311 e. The number of Topliss-reactive ketones (excluding diaryl/α,β-unsaturated/α-hetero) is 1. The van der Waals surface area contributed by atoms with Crippen molar-refractivity contribution in [3.8, 4) is 17.2 Å². The Kier molecular flexibility index (Phi) is 10.0. The van der Waals surface area contributed by atoms with Crippen LogP contribution >= 0.6 is 0 Å². The van der Waals surface area contributed by atoms with Gasteiger partial charge in [-0.15, -0.1) is 0 Å².